The fourth-order valence-electron chi connectivity index (χ4n) is 1.61. The zero-order valence-electron chi connectivity index (χ0n) is 9.07. The third kappa shape index (κ3) is 2.28. The minimum Gasteiger partial charge on any atom is -0.392 e. The van der Waals surface area contributed by atoms with E-state index in [0.29, 0.717) is 12.0 Å². The average molecular weight is 212 g/mol. The topological polar surface area (TPSA) is 67.8 Å². The molecule has 0 heterocycles. The third-order valence-corrected chi connectivity index (χ3v) is 2.39. The monoisotopic (exact) mass is 212 g/mol. The van der Waals surface area contributed by atoms with Crippen LogP contribution in [0.25, 0.3) is 5.57 Å². The van der Waals surface area contributed by atoms with Crippen molar-refractivity contribution >= 4 is 5.57 Å². The maximum absolute atomic E-state index is 9.20. The van der Waals surface area contributed by atoms with Crippen molar-refractivity contribution in [1.82, 2.24) is 0 Å². The number of hydrogen-bond acceptors (Lipinski definition) is 3. The lowest BCUT2D eigenvalue weighted by molar-refractivity contribution is 0.281. The van der Waals surface area contributed by atoms with E-state index in [1.54, 1.807) is 6.07 Å². The van der Waals surface area contributed by atoms with Gasteiger partial charge in [-0.2, -0.15) is 10.5 Å². The van der Waals surface area contributed by atoms with E-state index in [0.717, 1.165) is 11.1 Å². The van der Waals surface area contributed by atoms with Crippen molar-refractivity contribution in [2.24, 2.45) is 0 Å². The van der Waals surface area contributed by atoms with E-state index in [2.05, 4.69) is 0 Å². The van der Waals surface area contributed by atoms with Crippen molar-refractivity contribution in [2.45, 2.75) is 20.0 Å². The molecule has 0 radical (unpaired) electrons. The molecule has 80 valence electrons. The molecule has 0 fully saturated rings. The van der Waals surface area contributed by atoms with Crippen LogP contribution in [-0.4, -0.2) is 5.11 Å². The van der Waals surface area contributed by atoms with Gasteiger partial charge in [0.25, 0.3) is 0 Å². The summed E-state index contributed by atoms with van der Waals surface area (Å²) in [4.78, 5) is 0. The quantitative estimate of drug-likeness (QED) is 0.782. The fourth-order valence-corrected chi connectivity index (χ4v) is 1.61. The minimum atomic E-state index is -0.0934. The Balaban J connectivity index is 3.42. The van der Waals surface area contributed by atoms with Gasteiger partial charge in [0.15, 0.2) is 0 Å². The minimum absolute atomic E-state index is 0.0934. The Morgan fingerprint density at radius 2 is 1.88 bits per heavy atom. The van der Waals surface area contributed by atoms with Crippen LogP contribution in [0.1, 0.15) is 24.5 Å². The fraction of sp³-hybridized carbons (Fsp3) is 0.231. The zero-order chi connectivity index (χ0) is 12.0. The number of benzene rings is 1. The van der Waals surface area contributed by atoms with Crippen LogP contribution in [0, 0.1) is 22.7 Å². The molecule has 3 heteroatoms. The van der Waals surface area contributed by atoms with Crippen molar-refractivity contribution in [3.63, 3.8) is 0 Å². The van der Waals surface area contributed by atoms with Gasteiger partial charge in [-0.1, -0.05) is 31.2 Å². The highest BCUT2D eigenvalue weighted by Crippen LogP contribution is 2.25. The molecule has 0 aliphatic heterocycles. The molecule has 0 aliphatic carbocycles. The molecule has 0 amide bonds. The summed E-state index contributed by atoms with van der Waals surface area (Å²) in [5.74, 6) is 0. The van der Waals surface area contributed by atoms with Crippen molar-refractivity contribution in [3.05, 3.63) is 41.0 Å². The highest BCUT2D eigenvalue weighted by molar-refractivity contribution is 5.76. The molecule has 0 aromatic heterocycles. The van der Waals surface area contributed by atoms with Crippen molar-refractivity contribution in [1.29, 1.82) is 10.5 Å². The second-order valence-corrected chi connectivity index (χ2v) is 3.25. The first kappa shape index (κ1) is 12.0. The van der Waals surface area contributed by atoms with Gasteiger partial charge in [-0.25, -0.2) is 0 Å². The predicted octanol–water partition coefficient (Wildman–Crippen LogP) is 2.39. The molecule has 0 saturated carbocycles. The third-order valence-electron chi connectivity index (χ3n) is 2.39. The molecule has 0 spiro atoms. The smallest absolute Gasteiger partial charge is 0.133 e. The molecule has 0 unspecified atom stereocenters. The lowest BCUT2D eigenvalue weighted by Crippen LogP contribution is -1.95. The molecule has 0 atom stereocenters. The molecule has 0 saturated heterocycles. The number of allylic oxidation sites excluding steroid dienone is 2. The van der Waals surface area contributed by atoms with Crippen LogP contribution in [0.15, 0.2) is 29.8 Å². The number of nitriles is 2. The summed E-state index contributed by atoms with van der Waals surface area (Å²) < 4.78 is 0. The summed E-state index contributed by atoms with van der Waals surface area (Å²) in [7, 11) is 0. The highest BCUT2D eigenvalue weighted by Gasteiger charge is 2.10. The Bertz CT molecular complexity index is 473. The van der Waals surface area contributed by atoms with E-state index in [9.17, 15) is 5.11 Å². The van der Waals surface area contributed by atoms with E-state index in [1.165, 1.54) is 0 Å². The molecule has 16 heavy (non-hydrogen) atoms. The van der Waals surface area contributed by atoms with Crippen LogP contribution in [0.3, 0.4) is 0 Å². The predicted molar refractivity (Wildman–Crippen MR) is 60.8 cm³/mol. The van der Waals surface area contributed by atoms with E-state index in [4.69, 9.17) is 10.5 Å². The summed E-state index contributed by atoms with van der Waals surface area (Å²) in [6.07, 6.45) is 0.591. The standard InChI is InChI=1S/C13H12N2O/c1-2-12(11(7-14)8-15)13-6-4-3-5-10(13)9-16/h3-6,16H,2,9H2,1H3. The van der Waals surface area contributed by atoms with Crippen LogP contribution in [0.2, 0.25) is 0 Å². The summed E-state index contributed by atoms with van der Waals surface area (Å²) in [5, 5.41) is 26.9. The average Bonchev–Trinajstić information content (AvgIpc) is 2.35. The van der Waals surface area contributed by atoms with Crippen molar-refractivity contribution in [2.75, 3.05) is 0 Å². The second kappa shape index (κ2) is 5.70. The maximum atomic E-state index is 9.20. The van der Waals surface area contributed by atoms with Gasteiger partial charge >= 0.3 is 0 Å². The van der Waals surface area contributed by atoms with E-state index in [-0.39, 0.29) is 12.2 Å². The molecular formula is C13H12N2O. The van der Waals surface area contributed by atoms with Gasteiger partial charge in [0.1, 0.15) is 17.7 Å². The van der Waals surface area contributed by atoms with Gasteiger partial charge in [0, 0.05) is 0 Å². The van der Waals surface area contributed by atoms with Gasteiger partial charge in [0.2, 0.25) is 0 Å². The molecule has 3 nitrogen and oxygen atoms in total. The van der Waals surface area contributed by atoms with Crippen LogP contribution in [0.5, 0.6) is 0 Å². The van der Waals surface area contributed by atoms with Gasteiger partial charge in [-0.3, -0.25) is 0 Å². The Morgan fingerprint density at radius 1 is 1.25 bits per heavy atom. The molecule has 1 aromatic rings. The van der Waals surface area contributed by atoms with E-state index in [1.807, 2.05) is 37.3 Å². The summed E-state index contributed by atoms with van der Waals surface area (Å²) in [5.41, 5.74) is 2.33. The molecule has 0 bridgehead atoms. The summed E-state index contributed by atoms with van der Waals surface area (Å²) in [6, 6.07) is 11.0. The number of nitrogens with zero attached hydrogens (tertiary/aromatic N) is 2. The summed E-state index contributed by atoms with van der Waals surface area (Å²) >= 11 is 0. The molecule has 0 aliphatic rings. The Morgan fingerprint density at radius 3 is 2.38 bits per heavy atom. The normalized spacial score (nSPS) is 9.00. The van der Waals surface area contributed by atoms with Crippen LogP contribution in [-0.2, 0) is 6.61 Å². The number of aliphatic hydroxyl groups is 1. The number of aliphatic hydroxyl groups excluding tert-OH is 1. The number of rotatable bonds is 3. The van der Waals surface area contributed by atoms with E-state index < -0.39 is 0 Å². The SMILES string of the molecule is CCC(=C(C#N)C#N)c1ccccc1CO. The van der Waals surface area contributed by atoms with Crippen LogP contribution in [0.4, 0.5) is 0 Å². The first-order chi connectivity index (χ1) is 7.78. The molecule has 1 rings (SSSR count). The Kier molecular flexibility index (Phi) is 4.27. The summed E-state index contributed by atoms with van der Waals surface area (Å²) in [6.45, 7) is 1.79. The van der Waals surface area contributed by atoms with Gasteiger partial charge in [0.05, 0.1) is 6.61 Å². The highest BCUT2D eigenvalue weighted by atomic mass is 16.3. The van der Waals surface area contributed by atoms with Crippen LogP contribution < -0.4 is 0 Å². The molecule has 1 aromatic carbocycles. The molecular weight excluding hydrogens is 200 g/mol. The largest absolute Gasteiger partial charge is 0.392 e. The van der Waals surface area contributed by atoms with Crippen molar-refractivity contribution in [3.8, 4) is 12.1 Å². The first-order valence-electron chi connectivity index (χ1n) is 5.01. The van der Waals surface area contributed by atoms with Gasteiger partial charge < -0.3 is 5.11 Å². The van der Waals surface area contributed by atoms with Gasteiger partial charge in [-0.15, -0.1) is 0 Å². The van der Waals surface area contributed by atoms with Crippen molar-refractivity contribution < 1.29 is 5.11 Å². The van der Waals surface area contributed by atoms with Gasteiger partial charge in [-0.05, 0) is 23.1 Å². The zero-order valence-corrected chi connectivity index (χ0v) is 9.07. The van der Waals surface area contributed by atoms with E-state index >= 15 is 0 Å². The Labute approximate surface area is 94.9 Å². The Hall–Kier alpha value is -2.10. The first-order valence-corrected chi connectivity index (χ1v) is 5.01. The molecule has 1 N–H and O–H groups in total. The maximum Gasteiger partial charge on any atom is 0.133 e. The number of hydrogen-bond donors (Lipinski definition) is 1. The lowest BCUT2D eigenvalue weighted by atomic mass is 9.94. The lowest BCUT2D eigenvalue weighted by Gasteiger charge is -2.09. The van der Waals surface area contributed by atoms with Crippen LogP contribution >= 0.6 is 0 Å². The second-order valence-electron chi connectivity index (χ2n) is 3.25.